The second kappa shape index (κ2) is 5.05. The fraction of sp³-hybridized carbons (Fsp3) is 0.727. The molecule has 0 bridgehead atoms. The van der Waals surface area contributed by atoms with Gasteiger partial charge in [0.25, 0.3) is 0 Å². The van der Waals surface area contributed by atoms with E-state index >= 15 is 0 Å². The van der Waals surface area contributed by atoms with E-state index < -0.39 is 0 Å². The molecule has 15 heavy (non-hydrogen) atoms. The van der Waals surface area contributed by atoms with Crippen LogP contribution in [0, 0.1) is 0 Å². The highest BCUT2D eigenvalue weighted by Crippen LogP contribution is 2.27. The molecule has 0 spiro atoms. The monoisotopic (exact) mass is 226 g/mol. The molecule has 2 heterocycles. The number of nitrogens with zero attached hydrogens (tertiary/aromatic N) is 1. The molecule has 1 aliphatic heterocycles. The van der Waals surface area contributed by atoms with E-state index in [1.54, 1.807) is 11.3 Å². The van der Waals surface area contributed by atoms with Crippen molar-refractivity contribution in [1.29, 1.82) is 0 Å². The van der Waals surface area contributed by atoms with Gasteiger partial charge in [-0.15, -0.1) is 11.3 Å². The van der Waals surface area contributed by atoms with Crippen LogP contribution in [0.15, 0.2) is 6.20 Å². The van der Waals surface area contributed by atoms with E-state index in [4.69, 9.17) is 0 Å². The quantitative estimate of drug-likeness (QED) is 0.821. The lowest BCUT2D eigenvalue weighted by Crippen LogP contribution is -2.28. The molecule has 1 aromatic heterocycles. The zero-order chi connectivity index (χ0) is 10.7. The maximum Gasteiger partial charge on any atom is 0.0971 e. The molecule has 1 aromatic rings. The molecule has 4 heteroatoms. The molecule has 2 N–H and O–H groups in total. The summed E-state index contributed by atoms with van der Waals surface area (Å²) in [4.78, 5) is 5.66. The number of aromatic nitrogens is 1. The molecule has 2 atom stereocenters. The number of aliphatic hydroxyl groups is 1. The Morgan fingerprint density at radius 2 is 2.60 bits per heavy atom. The van der Waals surface area contributed by atoms with Gasteiger partial charge in [0.05, 0.1) is 11.1 Å². The first kappa shape index (κ1) is 11.0. The van der Waals surface area contributed by atoms with Crippen molar-refractivity contribution in [1.82, 2.24) is 10.3 Å². The molecular formula is C11H18N2OS. The van der Waals surface area contributed by atoms with Gasteiger partial charge in [0.1, 0.15) is 0 Å². The molecule has 3 nitrogen and oxygen atoms in total. The molecule has 0 amide bonds. The van der Waals surface area contributed by atoms with Gasteiger partial charge in [-0.25, -0.2) is 4.98 Å². The van der Waals surface area contributed by atoms with Crippen LogP contribution in [0.1, 0.15) is 35.6 Å². The summed E-state index contributed by atoms with van der Waals surface area (Å²) in [6.45, 7) is 4.02. The minimum atomic E-state index is -0.261. The first-order valence-electron chi connectivity index (χ1n) is 5.59. The maximum atomic E-state index is 9.29. The Morgan fingerprint density at radius 1 is 1.73 bits per heavy atom. The molecule has 0 radical (unpaired) electrons. The molecular weight excluding hydrogens is 208 g/mol. The van der Waals surface area contributed by atoms with Crippen molar-refractivity contribution in [3.05, 3.63) is 16.1 Å². The van der Waals surface area contributed by atoms with Gasteiger partial charge in [-0.05, 0) is 26.3 Å². The first-order chi connectivity index (χ1) is 7.25. The Hall–Kier alpha value is -0.450. The van der Waals surface area contributed by atoms with Gasteiger partial charge in [-0.1, -0.05) is 0 Å². The van der Waals surface area contributed by atoms with Crippen LogP contribution >= 0.6 is 11.3 Å². The summed E-state index contributed by atoms with van der Waals surface area (Å²) in [5.41, 5.74) is 0. The summed E-state index contributed by atoms with van der Waals surface area (Å²) in [7, 11) is 0. The SMILES string of the molecule is CC(O)Cc1cnc(C2CCCNC2)s1. The smallest absolute Gasteiger partial charge is 0.0971 e. The summed E-state index contributed by atoms with van der Waals surface area (Å²) in [5.74, 6) is 0.589. The number of nitrogens with one attached hydrogen (secondary N) is 1. The Balaban J connectivity index is 1.99. The molecule has 1 fully saturated rings. The van der Waals surface area contributed by atoms with Crippen LogP contribution < -0.4 is 5.32 Å². The Labute approximate surface area is 94.5 Å². The highest BCUT2D eigenvalue weighted by atomic mass is 32.1. The third kappa shape index (κ3) is 3.00. The molecule has 1 aliphatic rings. The molecule has 2 rings (SSSR count). The minimum Gasteiger partial charge on any atom is -0.393 e. The largest absolute Gasteiger partial charge is 0.393 e. The van der Waals surface area contributed by atoms with Crippen molar-refractivity contribution in [2.45, 2.75) is 38.2 Å². The van der Waals surface area contributed by atoms with Crippen molar-refractivity contribution in [3.63, 3.8) is 0 Å². The number of hydrogen-bond acceptors (Lipinski definition) is 4. The lowest BCUT2D eigenvalue weighted by molar-refractivity contribution is 0.196. The topological polar surface area (TPSA) is 45.2 Å². The number of thiazole rings is 1. The average Bonchev–Trinajstić information content (AvgIpc) is 2.67. The lowest BCUT2D eigenvalue weighted by Gasteiger charge is -2.20. The normalized spacial score (nSPS) is 24.0. The van der Waals surface area contributed by atoms with Crippen LogP contribution in [-0.2, 0) is 6.42 Å². The van der Waals surface area contributed by atoms with E-state index in [-0.39, 0.29) is 6.10 Å². The van der Waals surface area contributed by atoms with E-state index in [1.807, 2.05) is 13.1 Å². The Kier molecular flexibility index (Phi) is 3.72. The van der Waals surface area contributed by atoms with Gasteiger partial charge in [0.2, 0.25) is 0 Å². The standard InChI is InChI=1S/C11H18N2OS/c1-8(14)5-10-7-13-11(15-10)9-3-2-4-12-6-9/h7-9,12,14H,2-6H2,1H3. The highest BCUT2D eigenvalue weighted by Gasteiger charge is 2.18. The third-order valence-corrected chi connectivity index (χ3v) is 3.90. The molecule has 0 aromatic carbocycles. The van der Waals surface area contributed by atoms with E-state index in [1.165, 1.54) is 22.7 Å². The number of aliphatic hydroxyl groups excluding tert-OH is 1. The number of hydrogen-bond donors (Lipinski definition) is 2. The van der Waals surface area contributed by atoms with Gasteiger partial charge < -0.3 is 10.4 Å². The zero-order valence-corrected chi connectivity index (χ0v) is 9.89. The summed E-state index contributed by atoms with van der Waals surface area (Å²) >= 11 is 1.76. The van der Waals surface area contributed by atoms with Crippen LogP contribution in [0.3, 0.4) is 0 Å². The lowest BCUT2D eigenvalue weighted by atomic mass is 10.0. The summed E-state index contributed by atoms with van der Waals surface area (Å²) in [6, 6.07) is 0. The van der Waals surface area contributed by atoms with Crippen molar-refractivity contribution in [2.75, 3.05) is 13.1 Å². The van der Waals surface area contributed by atoms with Crippen molar-refractivity contribution < 1.29 is 5.11 Å². The fourth-order valence-electron chi connectivity index (χ4n) is 1.96. The second-order valence-corrected chi connectivity index (χ2v) is 5.41. The predicted molar refractivity (Wildman–Crippen MR) is 62.3 cm³/mol. The van der Waals surface area contributed by atoms with Gasteiger partial charge in [-0.3, -0.25) is 0 Å². The summed E-state index contributed by atoms with van der Waals surface area (Å²) < 4.78 is 0. The van der Waals surface area contributed by atoms with E-state index in [9.17, 15) is 5.11 Å². The molecule has 1 saturated heterocycles. The van der Waals surface area contributed by atoms with E-state index in [2.05, 4.69) is 10.3 Å². The average molecular weight is 226 g/mol. The Bertz CT molecular complexity index is 305. The number of rotatable bonds is 3. The molecule has 0 saturated carbocycles. The highest BCUT2D eigenvalue weighted by molar-refractivity contribution is 7.11. The van der Waals surface area contributed by atoms with Crippen LogP contribution in [0.5, 0.6) is 0 Å². The van der Waals surface area contributed by atoms with Crippen LogP contribution in [-0.4, -0.2) is 29.3 Å². The zero-order valence-electron chi connectivity index (χ0n) is 9.07. The summed E-state index contributed by atoms with van der Waals surface area (Å²) in [6.07, 6.45) is 4.88. The van der Waals surface area contributed by atoms with Crippen molar-refractivity contribution in [2.24, 2.45) is 0 Å². The fourth-order valence-corrected chi connectivity index (χ4v) is 3.13. The predicted octanol–water partition coefficient (Wildman–Crippen LogP) is 1.53. The van der Waals surface area contributed by atoms with Crippen molar-refractivity contribution >= 4 is 11.3 Å². The minimum absolute atomic E-state index is 0.261. The summed E-state index contributed by atoms with van der Waals surface area (Å²) in [5, 5.41) is 13.9. The maximum absolute atomic E-state index is 9.29. The van der Waals surface area contributed by atoms with Crippen LogP contribution in [0.25, 0.3) is 0 Å². The molecule has 84 valence electrons. The van der Waals surface area contributed by atoms with Gasteiger partial charge in [0, 0.05) is 30.0 Å². The van der Waals surface area contributed by atoms with Gasteiger partial charge in [0.15, 0.2) is 0 Å². The van der Waals surface area contributed by atoms with Crippen LogP contribution in [0.4, 0.5) is 0 Å². The van der Waals surface area contributed by atoms with E-state index in [0.29, 0.717) is 5.92 Å². The van der Waals surface area contributed by atoms with Gasteiger partial charge in [-0.2, -0.15) is 0 Å². The third-order valence-electron chi connectivity index (χ3n) is 2.71. The van der Waals surface area contributed by atoms with Crippen molar-refractivity contribution in [3.8, 4) is 0 Å². The van der Waals surface area contributed by atoms with E-state index in [0.717, 1.165) is 19.5 Å². The molecule has 0 aliphatic carbocycles. The van der Waals surface area contributed by atoms with Gasteiger partial charge >= 0.3 is 0 Å². The Morgan fingerprint density at radius 3 is 3.27 bits per heavy atom. The molecule has 2 unspecified atom stereocenters. The first-order valence-corrected chi connectivity index (χ1v) is 6.40. The van der Waals surface area contributed by atoms with Crippen LogP contribution in [0.2, 0.25) is 0 Å². The number of piperidine rings is 1. The second-order valence-electron chi connectivity index (χ2n) is 4.26.